The van der Waals surface area contributed by atoms with Crippen molar-refractivity contribution in [2.75, 3.05) is 13.7 Å². The zero-order chi connectivity index (χ0) is 12.7. The van der Waals surface area contributed by atoms with E-state index in [1.807, 2.05) is 0 Å². The molecule has 0 bridgehead atoms. The number of benzene rings is 1. The summed E-state index contributed by atoms with van der Waals surface area (Å²) >= 11 is 0. The molecule has 0 aliphatic heterocycles. The van der Waals surface area contributed by atoms with E-state index in [0.29, 0.717) is 0 Å². The first-order chi connectivity index (χ1) is 8.20. The second kappa shape index (κ2) is 6.12. The number of hydrogen-bond donors (Lipinski definition) is 1. The van der Waals surface area contributed by atoms with Crippen LogP contribution in [0.5, 0.6) is 5.75 Å². The lowest BCUT2D eigenvalue weighted by atomic mass is 10.1. The number of methoxy groups -OCH3 is 1. The minimum atomic E-state index is -0.760. The number of carbonyl (C=O) groups is 1. The van der Waals surface area contributed by atoms with Crippen molar-refractivity contribution < 1.29 is 19.5 Å². The molecule has 0 heterocycles. The first-order valence-corrected chi connectivity index (χ1v) is 4.64. The molecule has 0 aliphatic rings. The zero-order valence-electron chi connectivity index (χ0n) is 9.08. The molecule has 0 spiro atoms. The molecule has 0 radical (unpaired) electrons. The summed E-state index contributed by atoms with van der Waals surface area (Å²) < 4.78 is 4.51. The second-order valence-corrected chi connectivity index (χ2v) is 2.88. The molecule has 1 aromatic carbocycles. The van der Waals surface area contributed by atoms with E-state index < -0.39 is 5.97 Å². The van der Waals surface area contributed by atoms with Gasteiger partial charge in [-0.25, -0.2) is 4.79 Å². The van der Waals surface area contributed by atoms with Crippen molar-refractivity contribution in [3.05, 3.63) is 29.8 Å². The maximum atomic E-state index is 11.4. The molecule has 0 fully saturated rings. The average molecular weight is 234 g/mol. The number of nitrogens with zero attached hydrogens (tertiary/aromatic N) is 2. The van der Waals surface area contributed by atoms with E-state index in [1.165, 1.54) is 19.2 Å². The van der Waals surface area contributed by atoms with Crippen LogP contribution in [0.4, 0.5) is 0 Å². The Morgan fingerprint density at radius 3 is 2.82 bits per heavy atom. The van der Waals surface area contributed by atoms with Crippen LogP contribution in [0.25, 0.3) is 0 Å². The number of phenolic OH excluding ortho intramolecular Hbond substituents is 1. The van der Waals surface area contributed by atoms with Crippen LogP contribution < -0.4 is 0 Å². The van der Waals surface area contributed by atoms with Crippen LogP contribution in [0.15, 0.2) is 29.4 Å². The van der Waals surface area contributed by atoms with Crippen LogP contribution in [0.1, 0.15) is 5.56 Å². The van der Waals surface area contributed by atoms with Crippen molar-refractivity contribution in [1.29, 1.82) is 5.26 Å². The van der Waals surface area contributed by atoms with E-state index in [-0.39, 0.29) is 23.6 Å². The minimum Gasteiger partial charge on any atom is -0.507 e. The van der Waals surface area contributed by atoms with Gasteiger partial charge >= 0.3 is 5.97 Å². The Morgan fingerprint density at radius 2 is 2.24 bits per heavy atom. The third kappa shape index (κ3) is 3.21. The summed E-state index contributed by atoms with van der Waals surface area (Å²) in [6.07, 6.45) is 0. The van der Waals surface area contributed by atoms with Gasteiger partial charge in [-0.3, -0.25) is 0 Å². The highest BCUT2D eigenvalue weighted by Gasteiger charge is 2.18. The van der Waals surface area contributed by atoms with Crippen molar-refractivity contribution in [2.24, 2.45) is 5.16 Å². The molecular formula is C11H10N2O4. The highest BCUT2D eigenvalue weighted by Crippen LogP contribution is 2.17. The molecule has 6 nitrogen and oxygen atoms in total. The number of ether oxygens (including phenoxy) is 1. The lowest BCUT2D eigenvalue weighted by Gasteiger charge is -2.05. The number of phenols is 1. The van der Waals surface area contributed by atoms with E-state index in [4.69, 9.17) is 5.26 Å². The van der Waals surface area contributed by atoms with Gasteiger partial charge in [0.1, 0.15) is 11.8 Å². The molecular weight excluding hydrogens is 224 g/mol. The normalized spacial score (nSPS) is 10.5. The van der Waals surface area contributed by atoms with Gasteiger partial charge < -0.3 is 14.7 Å². The molecule has 0 saturated carbocycles. The number of hydrogen-bond acceptors (Lipinski definition) is 6. The third-order valence-electron chi connectivity index (χ3n) is 1.82. The Balaban J connectivity index is 3.08. The summed E-state index contributed by atoms with van der Waals surface area (Å²) in [5, 5.41) is 21.3. The van der Waals surface area contributed by atoms with Crippen LogP contribution in [-0.4, -0.2) is 30.5 Å². The molecule has 0 unspecified atom stereocenters. The molecule has 0 aromatic heterocycles. The van der Waals surface area contributed by atoms with Gasteiger partial charge in [0.25, 0.3) is 0 Å². The van der Waals surface area contributed by atoms with Gasteiger partial charge in [0.2, 0.25) is 6.61 Å². The Labute approximate surface area is 97.7 Å². The van der Waals surface area contributed by atoms with Crippen LogP contribution in [0.3, 0.4) is 0 Å². The number of aromatic hydroxyl groups is 1. The number of esters is 1. The number of carbonyl (C=O) groups excluding carboxylic acids is 1. The van der Waals surface area contributed by atoms with Gasteiger partial charge in [-0.05, 0) is 12.1 Å². The van der Waals surface area contributed by atoms with E-state index in [0.717, 1.165) is 0 Å². The third-order valence-corrected chi connectivity index (χ3v) is 1.82. The summed E-state index contributed by atoms with van der Waals surface area (Å²) in [7, 11) is 1.18. The van der Waals surface area contributed by atoms with Crippen LogP contribution in [-0.2, 0) is 14.4 Å². The Kier molecular flexibility index (Phi) is 4.51. The lowest BCUT2D eigenvalue weighted by molar-refractivity contribution is -0.132. The predicted molar refractivity (Wildman–Crippen MR) is 58.2 cm³/mol. The molecule has 17 heavy (non-hydrogen) atoms. The molecule has 1 aromatic rings. The van der Waals surface area contributed by atoms with E-state index in [2.05, 4.69) is 14.7 Å². The zero-order valence-corrected chi connectivity index (χ0v) is 9.08. The number of nitriles is 1. The SMILES string of the molecule is COC(=O)/C(=N/OCC#N)c1ccccc1O. The smallest absolute Gasteiger partial charge is 0.360 e. The van der Waals surface area contributed by atoms with Gasteiger partial charge in [0.15, 0.2) is 5.71 Å². The van der Waals surface area contributed by atoms with Crippen LogP contribution in [0.2, 0.25) is 0 Å². The number of oxime groups is 1. The summed E-state index contributed by atoms with van der Waals surface area (Å²) in [6, 6.07) is 7.81. The molecule has 0 amide bonds. The minimum absolute atomic E-state index is 0.128. The van der Waals surface area contributed by atoms with Crippen LogP contribution in [0, 0.1) is 11.3 Å². The van der Waals surface area contributed by atoms with Crippen molar-refractivity contribution in [3.8, 4) is 11.8 Å². The van der Waals surface area contributed by atoms with Crippen LogP contribution >= 0.6 is 0 Å². The van der Waals surface area contributed by atoms with Gasteiger partial charge in [0, 0.05) is 0 Å². The van der Waals surface area contributed by atoms with Gasteiger partial charge in [-0.15, -0.1) is 0 Å². The summed E-state index contributed by atoms with van der Waals surface area (Å²) in [4.78, 5) is 16.0. The van der Waals surface area contributed by atoms with Gasteiger partial charge in [-0.1, -0.05) is 17.3 Å². The molecule has 1 N–H and O–H groups in total. The molecule has 0 atom stereocenters. The van der Waals surface area contributed by atoms with Crippen molar-refractivity contribution in [2.45, 2.75) is 0 Å². The highest BCUT2D eigenvalue weighted by molar-refractivity contribution is 6.43. The van der Waals surface area contributed by atoms with Gasteiger partial charge in [-0.2, -0.15) is 5.26 Å². The Bertz CT molecular complexity index is 477. The van der Waals surface area contributed by atoms with Crippen molar-refractivity contribution in [3.63, 3.8) is 0 Å². The standard InChI is InChI=1S/C11H10N2O4/c1-16-11(15)10(13-17-7-6-12)8-4-2-3-5-9(8)14/h2-5,14H,7H2,1H3/b13-10+. The fraction of sp³-hybridized carbons (Fsp3) is 0.182. The molecule has 6 heteroatoms. The fourth-order valence-corrected chi connectivity index (χ4v) is 1.09. The van der Waals surface area contributed by atoms with Crippen molar-refractivity contribution >= 4 is 11.7 Å². The monoisotopic (exact) mass is 234 g/mol. The molecule has 1 rings (SSSR count). The average Bonchev–Trinajstić information content (AvgIpc) is 2.35. The predicted octanol–water partition coefficient (Wildman–Crippen LogP) is 0.809. The maximum absolute atomic E-state index is 11.4. The number of rotatable bonds is 4. The Morgan fingerprint density at radius 1 is 1.53 bits per heavy atom. The quantitative estimate of drug-likeness (QED) is 0.360. The van der Waals surface area contributed by atoms with E-state index in [9.17, 15) is 9.90 Å². The summed E-state index contributed by atoms with van der Waals surface area (Å²) in [5.74, 6) is -0.887. The van der Waals surface area contributed by atoms with Gasteiger partial charge in [0.05, 0.1) is 12.7 Å². The lowest BCUT2D eigenvalue weighted by Crippen LogP contribution is -2.18. The maximum Gasteiger partial charge on any atom is 0.360 e. The van der Waals surface area contributed by atoms with E-state index >= 15 is 0 Å². The molecule has 0 saturated heterocycles. The largest absolute Gasteiger partial charge is 0.507 e. The molecule has 88 valence electrons. The first kappa shape index (κ1) is 12.5. The Hall–Kier alpha value is -2.55. The van der Waals surface area contributed by atoms with Crippen molar-refractivity contribution in [1.82, 2.24) is 0 Å². The number of para-hydroxylation sites is 1. The van der Waals surface area contributed by atoms with E-state index in [1.54, 1.807) is 18.2 Å². The first-order valence-electron chi connectivity index (χ1n) is 4.64. The topological polar surface area (TPSA) is 91.9 Å². The summed E-state index contributed by atoms with van der Waals surface area (Å²) in [5.41, 5.74) is -0.0156. The summed E-state index contributed by atoms with van der Waals surface area (Å²) in [6.45, 7) is -0.298. The second-order valence-electron chi connectivity index (χ2n) is 2.88. The fourth-order valence-electron chi connectivity index (χ4n) is 1.09. The molecule has 0 aliphatic carbocycles. The highest BCUT2D eigenvalue weighted by atomic mass is 16.6.